The number of hydrogen-bond acceptors (Lipinski definition) is 6. The third kappa shape index (κ3) is 15.2. The molecule has 0 amide bonds. The summed E-state index contributed by atoms with van der Waals surface area (Å²) in [6.07, 6.45) is 3.21. The number of nitrogens with one attached hydrogen (secondary N) is 4. The fourth-order valence-electron chi connectivity index (χ4n) is 14.6. The van der Waals surface area contributed by atoms with Crippen LogP contribution in [0.3, 0.4) is 0 Å². The lowest BCUT2D eigenvalue weighted by atomic mass is 9.77. The summed E-state index contributed by atoms with van der Waals surface area (Å²) in [5.74, 6) is 0. The lowest BCUT2D eigenvalue weighted by molar-refractivity contribution is 0.237. The lowest BCUT2D eigenvalue weighted by Crippen LogP contribution is -2.50. The smallest absolute Gasteiger partial charge is 0.0948 e. The summed E-state index contributed by atoms with van der Waals surface area (Å²) in [4.78, 5) is 5.41. The van der Waals surface area contributed by atoms with Crippen LogP contribution in [0.5, 0.6) is 0 Å². The number of benzene rings is 12. The minimum Gasteiger partial charge on any atom is -0.301 e. The first-order valence-corrected chi connectivity index (χ1v) is 34.2. The van der Waals surface area contributed by atoms with E-state index in [1.165, 1.54) is 66.8 Å². The van der Waals surface area contributed by atoms with Crippen molar-refractivity contribution in [1.82, 2.24) is 31.1 Å². The van der Waals surface area contributed by atoms with Crippen LogP contribution in [0.25, 0.3) is 0 Å². The van der Waals surface area contributed by atoms with E-state index in [2.05, 4.69) is 395 Å². The third-order valence-corrected chi connectivity index (χ3v) is 19.2. The Hall–Kier alpha value is -9.60. The first-order valence-electron chi connectivity index (χ1n) is 34.2. The van der Waals surface area contributed by atoms with E-state index in [9.17, 15) is 0 Å². The van der Waals surface area contributed by atoms with Gasteiger partial charge in [-0.05, 0) is 92.7 Å². The van der Waals surface area contributed by atoms with Crippen LogP contribution in [0.2, 0.25) is 0 Å². The summed E-state index contributed by atoms with van der Waals surface area (Å²) < 4.78 is 0. The molecule has 0 atom stereocenters. The van der Waals surface area contributed by atoms with Gasteiger partial charge >= 0.3 is 0 Å². The third-order valence-electron chi connectivity index (χ3n) is 19.2. The van der Waals surface area contributed by atoms with Gasteiger partial charge in [-0.15, -0.1) is 0 Å². The van der Waals surface area contributed by atoms with Crippen LogP contribution in [0.1, 0.15) is 86.0 Å². The molecule has 95 heavy (non-hydrogen) atoms. The minimum atomic E-state index is -0.574. The summed E-state index contributed by atoms with van der Waals surface area (Å²) in [7, 11) is 0. The molecule has 0 saturated heterocycles. The zero-order valence-electron chi connectivity index (χ0n) is 54.7. The topological polar surface area (TPSA) is 54.6 Å². The minimum absolute atomic E-state index is 0.574. The van der Waals surface area contributed by atoms with Crippen molar-refractivity contribution in [3.8, 4) is 0 Å². The van der Waals surface area contributed by atoms with E-state index in [0.29, 0.717) is 0 Å². The molecule has 476 valence electrons. The normalized spacial score (nSPS) is 12.1. The van der Waals surface area contributed by atoms with E-state index in [1.807, 2.05) is 0 Å². The number of unbranched alkanes of at least 4 members (excludes halogenated alkanes) is 2. The van der Waals surface area contributed by atoms with E-state index in [0.717, 1.165) is 84.7 Å². The molecule has 0 bridgehead atoms. The SMILES string of the molecule is c1ccc(C(NCCN(CCCCCN(CCNC(c2ccccc2)(c2ccccc2)c2ccccc2)CCNC(c2ccccc2)(c2ccccc2)c2ccccc2)CCNC(c2ccccc2)(c2ccccc2)c2ccccc2)(c2ccccc2)c2ccccc2)cc1. The quantitative estimate of drug-likeness (QED) is 0.0238. The second kappa shape index (κ2) is 33.0. The summed E-state index contributed by atoms with van der Waals surface area (Å²) >= 11 is 0. The molecule has 6 heteroatoms. The molecule has 0 aromatic heterocycles. The van der Waals surface area contributed by atoms with Crippen molar-refractivity contribution in [2.75, 3.05) is 65.4 Å². The molecule has 0 radical (unpaired) electrons. The highest BCUT2D eigenvalue weighted by Crippen LogP contribution is 2.41. The fraction of sp³-hybridized carbons (Fsp3) is 0.191. The second-order valence-electron chi connectivity index (χ2n) is 24.8. The van der Waals surface area contributed by atoms with E-state index < -0.39 is 22.2 Å². The predicted octanol–water partition coefficient (Wildman–Crippen LogP) is 17.1. The van der Waals surface area contributed by atoms with Gasteiger partial charge < -0.3 is 9.80 Å². The van der Waals surface area contributed by atoms with Crippen LogP contribution in [0, 0.1) is 0 Å². The van der Waals surface area contributed by atoms with Gasteiger partial charge in [-0.3, -0.25) is 21.3 Å². The van der Waals surface area contributed by atoms with Gasteiger partial charge in [0, 0.05) is 52.4 Å². The van der Waals surface area contributed by atoms with Gasteiger partial charge in [0.25, 0.3) is 0 Å². The molecule has 0 spiro atoms. The van der Waals surface area contributed by atoms with Gasteiger partial charge in [0.05, 0.1) is 22.2 Å². The molecule has 4 N–H and O–H groups in total. The molecule has 12 aromatic rings. The molecule has 6 nitrogen and oxygen atoms in total. The average Bonchev–Trinajstić information content (AvgIpc) is 0.807. The Labute approximate surface area is 565 Å². The van der Waals surface area contributed by atoms with Gasteiger partial charge in [0.2, 0.25) is 0 Å². The highest BCUT2D eigenvalue weighted by atomic mass is 15.2. The van der Waals surface area contributed by atoms with Crippen molar-refractivity contribution in [1.29, 1.82) is 0 Å². The molecule has 0 aliphatic carbocycles. The van der Waals surface area contributed by atoms with Crippen LogP contribution >= 0.6 is 0 Å². The van der Waals surface area contributed by atoms with Crippen molar-refractivity contribution in [2.45, 2.75) is 41.4 Å². The Kier molecular flexibility index (Phi) is 22.7. The molecule has 0 aliphatic rings. The zero-order valence-corrected chi connectivity index (χ0v) is 54.7. The Morgan fingerprint density at radius 3 is 0.411 bits per heavy atom. The van der Waals surface area contributed by atoms with Gasteiger partial charge in [0.15, 0.2) is 0 Å². The Morgan fingerprint density at radius 2 is 0.284 bits per heavy atom. The summed E-state index contributed by atoms with van der Waals surface area (Å²) in [6.45, 7) is 8.38. The molecule has 0 aliphatic heterocycles. The van der Waals surface area contributed by atoms with Crippen molar-refractivity contribution in [2.24, 2.45) is 0 Å². The maximum atomic E-state index is 4.26. The summed E-state index contributed by atoms with van der Waals surface area (Å²) in [6, 6.07) is 132. The zero-order chi connectivity index (χ0) is 64.5. The van der Waals surface area contributed by atoms with Crippen molar-refractivity contribution >= 4 is 0 Å². The van der Waals surface area contributed by atoms with E-state index >= 15 is 0 Å². The van der Waals surface area contributed by atoms with Gasteiger partial charge in [-0.25, -0.2) is 0 Å². The standard InChI is InChI=1S/C89H90N6/c1-14-40-74(41-15-1)86(75-42-16-2-17-43-75,76-44-18-3-19-45-76)90-64-70-94(71-65-91-87(77-46-20-4-21-47-77,78-48-22-5-23-49-78)79-50-24-6-25-51-79)68-38-13-39-69-95(72-66-92-88(80-52-26-7-27-53-80,81-54-28-8-29-55-81)82-56-30-9-31-57-82)73-67-93-89(83-58-32-10-33-59-83,84-60-34-11-35-61-84)85-62-36-12-37-63-85/h1-12,14-37,40-63,90-93H,13,38-39,64-73H2. The summed E-state index contributed by atoms with van der Waals surface area (Å²) in [5.41, 5.74) is 12.3. The number of hydrogen-bond donors (Lipinski definition) is 4. The van der Waals surface area contributed by atoms with Gasteiger partial charge in [0.1, 0.15) is 0 Å². The Balaban J connectivity index is 0.828. The van der Waals surface area contributed by atoms with Crippen LogP contribution in [-0.2, 0) is 22.2 Å². The number of rotatable bonds is 34. The summed E-state index contributed by atoms with van der Waals surface area (Å²) in [5, 5.41) is 17.0. The molecule has 0 heterocycles. The maximum absolute atomic E-state index is 4.26. The molecule has 12 aromatic carbocycles. The highest BCUT2D eigenvalue weighted by Gasteiger charge is 2.40. The molecule has 12 rings (SSSR count). The fourth-order valence-corrected chi connectivity index (χ4v) is 14.6. The van der Waals surface area contributed by atoms with Crippen molar-refractivity contribution in [3.05, 3.63) is 431 Å². The van der Waals surface area contributed by atoms with E-state index in [-0.39, 0.29) is 0 Å². The Bertz CT molecular complexity index is 3160. The highest BCUT2D eigenvalue weighted by molar-refractivity contribution is 5.54. The van der Waals surface area contributed by atoms with Crippen LogP contribution in [0.4, 0.5) is 0 Å². The van der Waals surface area contributed by atoms with Gasteiger partial charge in [-0.1, -0.05) is 370 Å². The molecule has 0 unspecified atom stereocenters. The Morgan fingerprint density at radius 1 is 0.158 bits per heavy atom. The first kappa shape index (κ1) is 65.5. The first-order chi connectivity index (χ1) is 47.1. The largest absolute Gasteiger partial charge is 0.301 e. The maximum Gasteiger partial charge on any atom is 0.0948 e. The monoisotopic (exact) mass is 1240 g/mol. The molecular formula is C89H90N6. The lowest BCUT2D eigenvalue weighted by Gasteiger charge is -2.39. The van der Waals surface area contributed by atoms with Crippen LogP contribution < -0.4 is 21.3 Å². The molecule has 0 fully saturated rings. The van der Waals surface area contributed by atoms with Crippen molar-refractivity contribution in [3.63, 3.8) is 0 Å². The predicted molar refractivity (Wildman–Crippen MR) is 396 cm³/mol. The van der Waals surface area contributed by atoms with Crippen LogP contribution in [0.15, 0.2) is 364 Å². The average molecular weight is 1240 g/mol. The van der Waals surface area contributed by atoms with E-state index in [1.54, 1.807) is 0 Å². The van der Waals surface area contributed by atoms with Gasteiger partial charge in [-0.2, -0.15) is 0 Å². The molecular weight excluding hydrogens is 1150 g/mol. The molecule has 0 saturated carbocycles. The number of nitrogens with zero attached hydrogens (tertiary/aromatic N) is 2. The van der Waals surface area contributed by atoms with Crippen molar-refractivity contribution < 1.29 is 0 Å². The van der Waals surface area contributed by atoms with E-state index in [4.69, 9.17) is 0 Å². The second-order valence-corrected chi connectivity index (χ2v) is 24.8. The van der Waals surface area contributed by atoms with Crippen LogP contribution in [-0.4, -0.2) is 75.2 Å².